The number of phenols is 1. The number of carbonyl (C=O) groups excluding carboxylic acids is 2. The van der Waals surface area contributed by atoms with Crippen LogP contribution < -0.4 is 5.32 Å². The summed E-state index contributed by atoms with van der Waals surface area (Å²) < 4.78 is 5.48. The van der Waals surface area contributed by atoms with E-state index < -0.39 is 6.04 Å². The Labute approximate surface area is 160 Å². The predicted molar refractivity (Wildman–Crippen MR) is 101 cm³/mol. The summed E-state index contributed by atoms with van der Waals surface area (Å²) in [4.78, 5) is 27.1. The normalized spacial score (nSPS) is 16.9. The molecule has 1 aromatic heterocycles. The number of amides is 2. The molecule has 2 aromatic carbocycles. The van der Waals surface area contributed by atoms with Crippen LogP contribution in [-0.4, -0.2) is 63.0 Å². The number of benzene rings is 2. The maximum Gasteiger partial charge on any atom is 0.254 e. The van der Waals surface area contributed by atoms with E-state index in [1.54, 1.807) is 35.2 Å². The Hall–Kier alpha value is -3.46. The van der Waals surface area contributed by atoms with E-state index in [-0.39, 0.29) is 30.6 Å². The minimum atomic E-state index is -0.403. The van der Waals surface area contributed by atoms with Crippen LogP contribution >= 0.6 is 0 Å². The van der Waals surface area contributed by atoms with E-state index in [9.17, 15) is 14.7 Å². The molecule has 3 N–H and O–H groups in total. The van der Waals surface area contributed by atoms with Gasteiger partial charge in [-0.15, -0.1) is 0 Å². The van der Waals surface area contributed by atoms with Gasteiger partial charge in [-0.05, 0) is 30.3 Å². The largest absolute Gasteiger partial charge is 0.508 e. The smallest absolute Gasteiger partial charge is 0.254 e. The summed E-state index contributed by atoms with van der Waals surface area (Å²) >= 11 is 0. The topological polar surface area (TPSA) is 120 Å². The minimum absolute atomic E-state index is 0.0223. The number of hydrogen-bond donors (Lipinski definition) is 3. The number of ether oxygens (including phenoxy) is 1. The van der Waals surface area contributed by atoms with Crippen LogP contribution in [0.25, 0.3) is 11.0 Å². The van der Waals surface area contributed by atoms with Gasteiger partial charge in [0.2, 0.25) is 5.91 Å². The zero-order valence-corrected chi connectivity index (χ0v) is 15.0. The monoisotopic (exact) mass is 381 g/mol. The molecule has 0 aliphatic carbocycles. The number of phenolic OH excluding ortho intramolecular Hbond substituents is 1. The molecule has 28 heavy (non-hydrogen) atoms. The third kappa shape index (κ3) is 3.65. The lowest BCUT2D eigenvalue weighted by atomic mass is 10.1. The Morgan fingerprint density at radius 1 is 1.25 bits per heavy atom. The lowest BCUT2D eigenvalue weighted by Crippen LogP contribution is -2.50. The molecule has 0 bridgehead atoms. The molecular weight excluding hydrogens is 362 g/mol. The standard InChI is InChI=1S/C19H19N5O4/c25-14-4-1-3-12(9-14)19(27)24-7-8-28-11-13(24)10-17(26)20-15-5-2-6-16-18(15)22-23-21-16/h1-6,9,13,25H,7-8,10-11H2,(H,20,26)(H,21,22,23). The average molecular weight is 381 g/mol. The fourth-order valence-electron chi connectivity index (χ4n) is 3.28. The maximum absolute atomic E-state index is 12.8. The van der Waals surface area contributed by atoms with E-state index >= 15 is 0 Å². The number of aromatic amines is 1. The number of nitrogens with zero attached hydrogens (tertiary/aromatic N) is 3. The van der Waals surface area contributed by atoms with Gasteiger partial charge in [-0.25, -0.2) is 0 Å². The van der Waals surface area contributed by atoms with Crippen molar-refractivity contribution < 1.29 is 19.4 Å². The Balaban J connectivity index is 1.48. The van der Waals surface area contributed by atoms with Gasteiger partial charge in [0.1, 0.15) is 16.8 Å². The first-order valence-corrected chi connectivity index (χ1v) is 8.89. The maximum atomic E-state index is 12.8. The number of rotatable bonds is 4. The Bertz CT molecular complexity index is 1020. The summed E-state index contributed by atoms with van der Waals surface area (Å²) in [6.45, 7) is 1.05. The summed E-state index contributed by atoms with van der Waals surface area (Å²) in [5.74, 6) is -0.468. The van der Waals surface area contributed by atoms with Gasteiger partial charge in [-0.2, -0.15) is 15.4 Å². The average Bonchev–Trinajstić information content (AvgIpc) is 3.18. The molecule has 1 aliphatic rings. The van der Waals surface area contributed by atoms with E-state index in [4.69, 9.17) is 4.74 Å². The number of morpholine rings is 1. The number of fused-ring (bicyclic) bond motifs is 1. The highest BCUT2D eigenvalue weighted by Gasteiger charge is 2.30. The molecule has 1 unspecified atom stereocenters. The Kier molecular flexibility index (Phi) is 4.90. The van der Waals surface area contributed by atoms with Gasteiger partial charge in [0.15, 0.2) is 0 Å². The van der Waals surface area contributed by atoms with Gasteiger partial charge < -0.3 is 20.1 Å². The van der Waals surface area contributed by atoms with Crippen molar-refractivity contribution in [2.75, 3.05) is 25.1 Å². The highest BCUT2D eigenvalue weighted by molar-refractivity contribution is 6.00. The number of hydrogen-bond acceptors (Lipinski definition) is 6. The number of H-pyrrole nitrogens is 1. The van der Waals surface area contributed by atoms with Crippen molar-refractivity contribution in [1.82, 2.24) is 20.3 Å². The number of anilines is 1. The third-order valence-corrected chi connectivity index (χ3v) is 4.62. The van der Waals surface area contributed by atoms with Crippen LogP contribution in [0.5, 0.6) is 5.75 Å². The number of para-hydroxylation sites is 1. The summed E-state index contributed by atoms with van der Waals surface area (Å²) in [5.41, 5.74) is 2.15. The van der Waals surface area contributed by atoms with Gasteiger partial charge in [0, 0.05) is 18.5 Å². The van der Waals surface area contributed by atoms with Crippen molar-refractivity contribution in [2.24, 2.45) is 0 Å². The third-order valence-electron chi connectivity index (χ3n) is 4.62. The van der Waals surface area contributed by atoms with Crippen molar-refractivity contribution in [3.63, 3.8) is 0 Å². The van der Waals surface area contributed by atoms with E-state index in [0.717, 1.165) is 0 Å². The summed E-state index contributed by atoms with van der Waals surface area (Å²) in [6.07, 6.45) is 0.0821. The molecule has 1 fully saturated rings. The molecule has 1 atom stereocenters. The molecule has 3 aromatic rings. The van der Waals surface area contributed by atoms with E-state index in [2.05, 4.69) is 20.7 Å². The van der Waals surface area contributed by atoms with Crippen molar-refractivity contribution in [2.45, 2.75) is 12.5 Å². The fourth-order valence-corrected chi connectivity index (χ4v) is 3.28. The van der Waals surface area contributed by atoms with Crippen LogP contribution in [0.3, 0.4) is 0 Å². The molecule has 9 nitrogen and oxygen atoms in total. The Morgan fingerprint density at radius 2 is 2.11 bits per heavy atom. The molecule has 9 heteroatoms. The van der Waals surface area contributed by atoms with Crippen LogP contribution in [0.4, 0.5) is 5.69 Å². The van der Waals surface area contributed by atoms with E-state index in [1.807, 2.05) is 0 Å². The van der Waals surface area contributed by atoms with Crippen LogP contribution in [0.2, 0.25) is 0 Å². The summed E-state index contributed by atoms with van der Waals surface area (Å²) in [5, 5.41) is 23.0. The molecule has 1 aliphatic heterocycles. The molecule has 2 amide bonds. The predicted octanol–water partition coefficient (Wildman–Crippen LogP) is 1.53. The first-order valence-electron chi connectivity index (χ1n) is 8.89. The summed E-state index contributed by atoms with van der Waals surface area (Å²) in [7, 11) is 0. The lowest BCUT2D eigenvalue weighted by Gasteiger charge is -2.35. The summed E-state index contributed by atoms with van der Waals surface area (Å²) in [6, 6.07) is 11.1. The number of nitrogens with one attached hydrogen (secondary N) is 2. The van der Waals surface area contributed by atoms with Crippen molar-refractivity contribution in [1.29, 1.82) is 0 Å². The van der Waals surface area contributed by atoms with E-state index in [0.29, 0.717) is 35.4 Å². The fraction of sp³-hybridized carbons (Fsp3) is 0.263. The van der Waals surface area contributed by atoms with Gasteiger partial charge in [0.05, 0.1) is 24.9 Å². The highest BCUT2D eigenvalue weighted by atomic mass is 16.5. The van der Waals surface area contributed by atoms with Crippen LogP contribution in [0, 0.1) is 0 Å². The van der Waals surface area contributed by atoms with Crippen LogP contribution in [0.1, 0.15) is 16.8 Å². The zero-order valence-electron chi connectivity index (χ0n) is 15.0. The van der Waals surface area contributed by atoms with Crippen molar-refractivity contribution in [3.8, 4) is 5.75 Å². The molecule has 0 saturated carbocycles. The van der Waals surface area contributed by atoms with Crippen molar-refractivity contribution >= 4 is 28.5 Å². The first kappa shape index (κ1) is 17.9. The lowest BCUT2D eigenvalue weighted by molar-refractivity contribution is -0.118. The van der Waals surface area contributed by atoms with Crippen LogP contribution in [0.15, 0.2) is 42.5 Å². The second-order valence-electron chi connectivity index (χ2n) is 6.53. The Morgan fingerprint density at radius 3 is 2.96 bits per heavy atom. The first-order chi connectivity index (χ1) is 13.6. The molecular formula is C19H19N5O4. The zero-order chi connectivity index (χ0) is 19.5. The van der Waals surface area contributed by atoms with Gasteiger partial charge in [-0.3, -0.25) is 9.59 Å². The van der Waals surface area contributed by atoms with E-state index in [1.165, 1.54) is 12.1 Å². The molecule has 144 valence electrons. The SMILES string of the molecule is O=C(CC1COCCN1C(=O)c1cccc(O)c1)Nc1cccc2n[nH]nc12. The van der Waals surface area contributed by atoms with Gasteiger partial charge in [-0.1, -0.05) is 12.1 Å². The minimum Gasteiger partial charge on any atom is -0.508 e. The highest BCUT2D eigenvalue weighted by Crippen LogP contribution is 2.21. The quantitative estimate of drug-likeness (QED) is 0.630. The van der Waals surface area contributed by atoms with Gasteiger partial charge >= 0.3 is 0 Å². The number of aromatic nitrogens is 3. The number of carbonyl (C=O) groups is 2. The molecule has 4 rings (SSSR count). The molecule has 0 spiro atoms. The van der Waals surface area contributed by atoms with Crippen LogP contribution in [-0.2, 0) is 9.53 Å². The van der Waals surface area contributed by atoms with Gasteiger partial charge in [0.25, 0.3) is 5.91 Å². The van der Waals surface area contributed by atoms with Crippen molar-refractivity contribution in [3.05, 3.63) is 48.0 Å². The molecule has 2 heterocycles. The second kappa shape index (κ2) is 7.65. The number of aromatic hydroxyl groups is 1. The second-order valence-corrected chi connectivity index (χ2v) is 6.53. The molecule has 0 radical (unpaired) electrons. The molecule has 1 saturated heterocycles.